The Labute approximate surface area is 104 Å². The number of hydrogen-bond acceptors (Lipinski definition) is 5. The first-order chi connectivity index (χ1) is 8.34. The molecule has 1 N–H and O–H groups in total. The van der Waals surface area contributed by atoms with E-state index in [-0.39, 0.29) is 5.91 Å². The Hall–Kier alpha value is -1.27. The number of amides is 1. The van der Waals surface area contributed by atoms with Gasteiger partial charge in [0.15, 0.2) is 0 Å². The first-order valence-electron chi connectivity index (χ1n) is 5.49. The Morgan fingerprint density at radius 2 is 2.41 bits per heavy atom. The van der Waals surface area contributed by atoms with Crippen LogP contribution < -0.4 is 5.43 Å². The third-order valence-corrected chi connectivity index (χ3v) is 3.36. The maximum absolute atomic E-state index is 11.5. The van der Waals surface area contributed by atoms with E-state index >= 15 is 0 Å². The summed E-state index contributed by atoms with van der Waals surface area (Å²) in [7, 11) is 0. The number of rotatable bonds is 4. The molecule has 1 aliphatic heterocycles. The lowest BCUT2D eigenvalue weighted by Gasteiger charge is -2.24. The zero-order valence-electron chi connectivity index (χ0n) is 9.46. The van der Waals surface area contributed by atoms with Gasteiger partial charge in [-0.1, -0.05) is 0 Å². The van der Waals surface area contributed by atoms with Gasteiger partial charge in [-0.2, -0.15) is 16.9 Å². The van der Waals surface area contributed by atoms with Crippen molar-refractivity contribution in [1.29, 1.82) is 0 Å². The van der Waals surface area contributed by atoms with Gasteiger partial charge in [-0.05, 0) is 6.07 Å². The van der Waals surface area contributed by atoms with E-state index in [1.165, 1.54) is 0 Å². The van der Waals surface area contributed by atoms with Crippen LogP contribution in [0.15, 0.2) is 28.1 Å². The number of furan rings is 1. The zero-order valence-corrected chi connectivity index (χ0v) is 10.3. The fraction of sp³-hybridized carbons (Fsp3) is 0.455. The molecule has 1 fully saturated rings. The third kappa shape index (κ3) is 4.24. The summed E-state index contributed by atoms with van der Waals surface area (Å²) in [6, 6.07) is 1.78. The summed E-state index contributed by atoms with van der Waals surface area (Å²) in [6.07, 6.45) is 4.69. The summed E-state index contributed by atoms with van der Waals surface area (Å²) < 4.78 is 4.88. The molecule has 1 aliphatic rings. The first kappa shape index (κ1) is 12.2. The molecule has 17 heavy (non-hydrogen) atoms. The highest BCUT2D eigenvalue weighted by molar-refractivity contribution is 7.99. The fourth-order valence-electron chi connectivity index (χ4n) is 1.52. The van der Waals surface area contributed by atoms with Gasteiger partial charge in [0.2, 0.25) is 0 Å². The second-order valence-corrected chi connectivity index (χ2v) is 4.96. The van der Waals surface area contributed by atoms with Crippen LogP contribution in [0.5, 0.6) is 0 Å². The van der Waals surface area contributed by atoms with Crippen molar-refractivity contribution < 1.29 is 9.21 Å². The summed E-state index contributed by atoms with van der Waals surface area (Å²) >= 11 is 1.93. The number of thioether (sulfide) groups is 1. The summed E-state index contributed by atoms with van der Waals surface area (Å²) in [4.78, 5) is 13.7. The number of nitrogens with one attached hydrogen (secondary N) is 1. The molecule has 0 spiro atoms. The van der Waals surface area contributed by atoms with Gasteiger partial charge in [-0.15, -0.1) is 0 Å². The Morgan fingerprint density at radius 1 is 1.59 bits per heavy atom. The zero-order chi connectivity index (χ0) is 11.9. The smallest absolute Gasteiger partial charge is 0.254 e. The SMILES string of the molecule is O=C(CN1CCSCC1)N/N=C/c1ccoc1. The fourth-order valence-corrected chi connectivity index (χ4v) is 2.50. The molecule has 92 valence electrons. The lowest BCUT2D eigenvalue weighted by atomic mass is 10.4. The van der Waals surface area contributed by atoms with E-state index in [0.29, 0.717) is 6.54 Å². The van der Waals surface area contributed by atoms with Crippen LogP contribution >= 0.6 is 11.8 Å². The van der Waals surface area contributed by atoms with E-state index in [2.05, 4.69) is 15.4 Å². The van der Waals surface area contributed by atoms with Gasteiger partial charge in [0.1, 0.15) is 0 Å². The molecule has 2 heterocycles. The van der Waals surface area contributed by atoms with Crippen LogP contribution in [-0.4, -0.2) is 48.2 Å². The van der Waals surface area contributed by atoms with E-state index in [1.54, 1.807) is 24.8 Å². The van der Waals surface area contributed by atoms with Crippen LogP contribution in [0.1, 0.15) is 5.56 Å². The van der Waals surface area contributed by atoms with Gasteiger partial charge in [0, 0.05) is 30.2 Å². The van der Waals surface area contributed by atoms with E-state index < -0.39 is 0 Å². The lowest BCUT2D eigenvalue weighted by molar-refractivity contribution is -0.122. The minimum atomic E-state index is -0.0726. The average molecular weight is 253 g/mol. The number of hydrogen-bond donors (Lipinski definition) is 1. The molecule has 0 radical (unpaired) electrons. The molecule has 0 aliphatic carbocycles. The monoisotopic (exact) mass is 253 g/mol. The minimum Gasteiger partial charge on any atom is -0.472 e. The average Bonchev–Trinajstić information content (AvgIpc) is 2.83. The highest BCUT2D eigenvalue weighted by Gasteiger charge is 2.13. The van der Waals surface area contributed by atoms with Crippen molar-refractivity contribution in [3.63, 3.8) is 0 Å². The van der Waals surface area contributed by atoms with Gasteiger partial charge < -0.3 is 4.42 Å². The van der Waals surface area contributed by atoms with E-state index in [4.69, 9.17) is 4.42 Å². The Bertz CT molecular complexity index is 372. The second kappa shape index (κ2) is 6.46. The molecule has 1 amide bonds. The highest BCUT2D eigenvalue weighted by atomic mass is 32.2. The number of nitrogens with zero attached hydrogens (tertiary/aromatic N) is 2. The van der Waals surface area contributed by atoms with Gasteiger partial charge in [0.05, 0.1) is 25.3 Å². The molecule has 1 aromatic heterocycles. The van der Waals surface area contributed by atoms with Gasteiger partial charge >= 0.3 is 0 Å². The Balaban J connectivity index is 1.70. The van der Waals surface area contributed by atoms with Crippen LogP contribution in [0.2, 0.25) is 0 Å². The molecule has 1 aromatic rings. The molecule has 0 atom stereocenters. The van der Waals surface area contributed by atoms with Crippen LogP contribution in [-0.2, 0) is 4.79 Å². The van der Waals surface area contributed by atoms with Crippen molar-refractivity contribution in [1.82, 2.24) is 10.3 Å². The first-order valence-corrected chi connectivity index (χ1v) is 6.64. The lowest BCUT2D eigenvalue weighted by Crippen LogP contribution is -2.40. The second-order valence-electron chi connectivity index (χ2n) is 3.74. The molecule has 1 saturated heterocycles. The largest absolute Gasteiger partial charge is 0.472 e. The molecule has 6 heteroatoms. The molecule has 0 aromatic carbocycles. The van der Waals surface area contributed by atoms with Crippen molar-refractivity contribution in [3.05, 3.63) is 24.2 Å². The molecular weight excluding hydrogens is 238 g/mol. The Morgan fingerprint density at radius 3 is 3.12 bits per heavy atom. The number of carbonyl (C=O) groups is 1. The van der Waals surface area contributed by atoms with Gasteiger partial charge in [-0.25, -0.2) is 5.43 Å². The van der Waals surface area contributed by atoms with Gasteiger partial charge in [0.25, 0.3) is 5.91 Å². The van der Waals surface area contributed by atoms with Crippen molar-refractivity contribution in [2.45, 2.75) is 0 Å². The van der Waals surface area contributed by atoms with Crippen LogP contribution in [0.3, 0.4) is 0 Å². The van der Waals surface area contributed by atoms with Crippen molar-refractivity contribution in [2.75, 3.05) is 31.1 Å². The summed E-state index contributed by atoms with van der Waals surface area (Å²) in [5, 5.41) is 3.86. The van der Waals surface area contributed by atoms with Crippen LogP contribution in [0.25, 0.3) is 0 Å². The van der Waals surface area contributed by atoms with Crippen LogP contribution in [0, 0.1) is 0 Å². The van der Waals surface area contributed by atoms with E-state index in [0.717, 1.165) is 30.2 Å². The minimum absolute atomic E-state index is 0.0726. The number of hydrazone groups is 1. The molecule has 5 nitrogen and oxygen atoms in total. The maximum atomic E-state index is 11.5. The Kier molecular flexibility index (Phi) is 4.63. The molecule has 0 saturated carbocycles. The molecular formula is C11H15N3O2S. The quantitative estimate of drug-likeness (QED) is 0.636. The molecule has 0 bridgehead atoms. The van der Waals surface area contributed by atoms with Gasteiger partial charge in [-0.3, -0.25) is 9.69 Å². The van der Waals surface area contributed by atoms with Crippen molar-refractivity contribution in [3.8, 4) is 0 Å². The third-order valence-electron chi connectivity index (χ3n) is 2.42. The standard InChI is InChI=1S/C11H15N3O2S/c15-11(8-14-2-5-17-6-3-14)13-12-7-10-1-4-16-9-10/h1,4,7,9H,2-3,5-6,8H2,(H,13,15)/b12-7+. The predicted octanol–water partition coefficient (Wildman–Crippen LogP) is 0.778. The summed E-state index contributed by atoms with van der Waals surface area (Å²) in [5.41, 5.74) is 3.34. The van der Waals surface area contributed by atoms with E-state index in [9.17, 15) is 4.79 Å². The summed E-state index contributed by atoms with van der Waals surface area (Å²) in [5.74, 6) is 2.13. The molecule has 0 unspecified atom stereocenters. The molecule has 2 rings (SSSR count). The predicted molar refractivity (Wildman–Crippen MR) is 68.2 cm³/mol. The van der Waals surface area contributed by atoms with E-state index in [1.807, 2.05) is 11.8 Å². The van der Waals surface area contributed by atoms with Crippen molar-refractivity contribution >= 4 is 23.9 Å². The van der Waals surface area contributed by atoms with Crippen molar-refractivity contribution in [2.24, 2.45) is 5.10 Å². The van der Waals surface area contributed by atoms with Crippen LogP contribution in [0.4, 0.5) is 0 Å². The maximum Gasteiger partial charge on any atom is 0.254 e. The normalized spacial score (nSPS) is 17.4. The summed E-state index contributed by atoms with van der Waals surface area (Å²) in [6.45, 7) is 2.37. The number of carbonyl (C=O) groups excluding carboxylic acids is 1. The topological polar surface area (TPSA) is 57.8 Å². The highest BCUT2D eigenvalue weighted by Crippen LogP contribution is 2.08.